The Morgan fingerprint density at radius 2 is 2.05 bits per heavy atom. The number of nitrogens with two attached hydrogens (primary N) is 1. The Labute approximate surface area is 121 Å². The number of nitrogen functional groups attached to an aromatic ring is 1. The normalized spacial score (nSPS) is 10.5. The fraction of sp³-hybridized carbons (Fsp3) is 0.214. The first-order valence-electron chi connectivity index (χ1n) is 5.86. The number of amides is 1. The molecular weight excluding hydrogens is 280 g/mol. The van der Waals surface area contributed by atoms with E-state index in [0.29, 0.717) is 22.8 Å². The van der Waals surface area contributed by atoms with Crippen molar-refractivity contribution in [3.05, 3.63) is 50.2 Å². The lowest BCUT2D eigenvalue weighted by atomic mass is 10.2. The molecule has 100 valence electrons. The molecule has 1 aromatic carbocycles. The molecule has 0 aliphatic rings. The van der Waals surface area contributed by atoms with Crippen LogP contribution in [0.15, 0.2) is 24.3 Å². The molecule has 0 saturated carbocycles. The van der Waals surface area contributed by atoms with Gasteiger partial charge in [-0.05, 0) is 43.7 Å². The summed E-state index contributed by atoms with van der Waals surface area (Å²) in [5, 5.41) is 3.33. The molecule has 2 rings (SSSR count). The summed E-state index contributed by atoms with van der Waals surface area (Å²) in [5.41, 5.74) is 7.88. The maximum Gasteiger partial charge on any atom is 0.251 e. The van der Waals surface area contributed by atoms with Gasteiger partial charge in [0.2, 0.25) is 0 Å². The molecule has 0 saturated heterocycles. The minimum absolute atomic E-state index is 0.169. The van der Waals surface area contributed by atoms with Crippen LogP contribution in [0, 0.1) is 13.8 Å². The van der Waals surface area contributed by atoms with Crippen LogP contribution in [0.3, 0.4) is 0 Å². The number of carbonyl (C=O) groups is 1. The van der Waals surface area contributed by atoms with E-state index in [1.807, 2.05) is 0 Å². The van der Waals surface area contributed by atoms with Gasteiger partial charge in [0.25, 0.3) is 5.91 Å². The lowest BCUT2D eigenvalue weighted by molar-refractivity contribution is 0.0951. The van der Waals surface area contributed by atoms with Gasteiger partial charge in [-0.2, -0.15) is 0 Å². The van der Waals surface area contributed by atoms with Gasteiger partial charge in [0, 0.05) is 26.0 Å². The van der Waals surface area contributed by atoms with Crippen LogP contribution in [0.25, 0.3) is 0 Å². The molecule has 0 spiro atoms. The number of halogens is 1. The molecule has 1 heterocycles. The predicted molar refractivity (Wildman–Crippen MR) is 80.8 cm³/mol. The summed E-state index contributed by atoms with van der Waals surface area (Å²) < 4.78 is 0. The molecule has 0 bridgehead atoms. The number of rotatable bonds is 3. The van der Waals surface area contributed by atoms with E-state index in [4.69, 9.17) is 17.3 Å². The number of anilines is 1. The number of benzene rings is 1. The molecule has 0 atom stereocenters. The van der Waals surface area contributed by atoms with Gasteiger partial charge in [0.05, 0.1) is 6.54 Å². The minimum atomic E-state index is -0.169. The average Bonchev–Trinajstić information content (AvgIpc) is 2.64. The molecule has 5 heteroatoms. The van der Waals surface area contributed by atoms with E-state index in [1.54, 1.807) is 29.5 Å². The summed E-state index contributed by atoms with van der Waals surface area (Å²) in [6, 6.07) is 6.93. The van der Waals surface area contributed by atoms with E-state index in [2.05, 4.69) is 25.2 Å². The summed E-state index contributed by atoms with van der Waals surface area (Å²) >= 11 is 7.57. The molecule has 0 aliphatic heterocycles. The Morgan fingerprint density at radius 3 is 2.63 bits per heavy atom. The number of hydrogen-bond donors (Lipinski definition) is 2. The standard InChI is InChI=1S/C14H15ClN2OS/c1-8-3-13(19-9(8)2)7-17-14(18)10-4-11(15)6-12(16)5-10/h3-6H,7,16H2,1-2H3,(H,17,18). The first-order valence-corrected chi connectivity index (χ1v) is 7.05. The van der Waals surface area contributed by atoms with Crippen LogP contribution < -0.4 is 11.1 Å². The van der Waals surface area contributed by atoms with Crippen LogP contribution in [-0.4, -0.2) is 5.91 Å². The highest BCUT2D eigenvalue weighted by Crippen LogP contribution is 2.21. The third-order valence-electron chi connectivity index (χ3n) is 2.82. The Kier molecular flexibility index (Phi) is 4.12. The topological polar surface area (TPSA) is 55.1 Å². The van der Waals surface area contributed by atoms with Crippen molar-refractivity contribution in [2.45, 2.75) is 20.4 Å². The minimum Gasteiger partial charge on any atom is -0.399 e. The molecule has 3 N–H and O–H groups in total. The molecule has 0 unspecified atom stereocenters. The van der Waals surface area contributed by atoms with Crippen molar-refractivity contribution >= 4 is 34.5 Å². The number of nitrogens with one attached hydrogen (secondary N) is 1. The Morgan fingerprint density at radius 1 is 1.32 bits per heavy atom. The summed E-state index contributed by atoms with van der Waals surface area (Å²) in [6.07, 6.45) is 0. The van der Waals surface area contributed by atoms with Crippen molar-refractivity contribution in [2.75, 3.05) is 5.73 Å². The summed E-state index contributed by atoms with van der Waals surface area (Å²) in [6.45, 7) is 4.66. The molecule has 0 radical (unpaired) electrons. The lowest BCUT2D eigenvalue weighted by Gasteiger charge is -2.05. The van der Waals surface area contributed by atoms with Gasteiger partial charge in [-0.25, -0.2) is 0 Å². The van der Waals surface area contributed by atoms with E-state index >= 15 is 0 Å². The largest absolute Gasteiger partial charge is 0.399 e. The zero-order chi connectivity index (χ0) is 14.0. The van der Waals surface area contributed by atoms with E-state index < -0.39 is 0 Å². The second-order valence-electron chi connectivity index (χ2n) is 4.41. The van der Waals surface area contributed by atoms with Crippen LogP contribution in [0.2, 0.25) is 5.02 Å². The molecule has 1 amide bonds. The van der Waals surface area contributed by atoms with Crippen molar-refractivity contribution < 1.29 is 4.79 Å². The Hall–Kier alpha value is -1.52. The van der Waals surface area contributed by atoms with E-state index in [0.717, 1.165) is 4.88 Å². The molecule has 3 nitrogen and oxygen atoms in total. The van der Waals surface area contributed by atoms with Crippen molar-refractivity contribution in [3.63, 3.8) is 0 Å². The van der Waals surface area contributed by atoms with Gasteiger partial charge in [-0.3, -0.25) is 4.79 Å². The van der Waals surface area contributed by atoms with Crippen LogP contribution in [0.5, 0.6) is 0 Å². The van der Waals surface area contributed by atoms with E-state index in [-0.39, 0.29) is 5.91 Å². The molecule has 19 heavy (non-hydrogen) atoms. The Bertz CT molecular complexity index is 582. The molecule has 0 fully saturated rings. The zero-order valence-corrected chi connectivity index (χ0v) is 12.4. The number of hydrogen-bond acceptors (Lipinski definition) is 3. The highest BCUT2D eigenvalue weighted by Gasteiger charge is 2.08. The highest BCUT2D eigenvalue weighted by molar-refractivity contribution is 7.12. The first-order chi connectivity index (χ1) is 8.95. The molecule has 0 aliphatic carbocycles. The molecule has 1 aromatic heterocycles. The second kappa shape index (κ2) is 5.63. The smallest absolute Gasteiger partial charge is 0.251 e. The quantitative estimate of drug-likeness (QED) is 0.851. The SMILES string of the molecule is Cc1cc(CNC(=O)c2cc(N)cc(Cl)c2)sc1C. The van der Waals surface area contributed by atoms with E-state index in [1.165, 1.54) is 10.4 Å². The van der Waals surface area contributed by atoms with Gasteiger partial charge in [0.15, 0.2) is 0 Å². The summed E-state index contributed by atoms with van der Waals surface area (Å²) in [7, 11) is 0. The fourth-order valence-corrected chi connectivity index (χ4v) is 2.99. The van der Waals surface area contributed by atoms with Crippen molar-refractivity contribution in [1.82, 2.24) is 5.32 Å². The van der Waals surface area contributed by atoms with Gasteiger partial charge in [0.1, 0.15) is 0 Å². The summed E-state index contributed by atoms with van der Waals surface area (Å²) in [4.78, 5) is 14.4. The number of carbonyl (C=O) groups excluding carboxylic acids is 1. The number of thiophene rings is 1. The van der Waals surface area contributed by atoms with Gasteiger partial charge in [-0.15, -0.1) is 11.3 Å². The summed E-state index contributed by atoms with van der Waals surface area (Å²) in [5.74, 6) is -0.169. The Balaban J connectivity index is 2.05. The van der Waals surface area contributed by atoms with Gasteiger partial charge >= 0.3 is 0 Å². The fourth-order valence-electron chi connectivity index (χ4n) is 1.75. The average molecular weight is 295 g/mol. The molecule has 2 aromatic rings. The second-order valence-corrected chi connectivity index (χ2v) is 6.19. The molecular formula is C14H15ClN2OS. The maximum atomic E-state index is 12.0. The van der Waals surface area contributed by atoms with Gasteiger partial charge < -0.3 is 11.1 Å². The maximum absolute atomic E-state index is 12.0. The monoisotopic (exact) mass is 294 g/mol. The van der Waals surface area contributed by atoms with Crippen molar-refractivity contribution in [2.24, 2.45) is 0 Å². The van der Waals surface area contributed by atoms with Gasteiger partial charge in [-0.1, -0.05) is 11.6 Å². The predicted octanol–water partition coefficient (Wildman–Crippen LogP) is 3.53. The zero-order valence-electron chi connectivity index (χ0n) is 10.8. The van der Waals surface area contributed by atoms with E-state index in [9.17, 15) is 4.79 Å². The van der Waals surface area contributed by atoms with Crippen molar-refractivity contribution in [3.8, 4) is 0 Å². The lowest BCUT2D eigenvalue weighted by Crippen LogP contribution is -2.22. The van der Waals surface area contributed by atoms with Crippen LogP contribution in [0.4, 0.5) is 5.69 Å². The van der Waals surface area contributed by atoms with Crippen LogP contribution in [0.1, 0.15) is 25.7 Å². The van der Waals surface area contributed by atoms with Crippen LogP contribution >= 0.6 is 22.9 Å². The van der Waals surface area contributed by atoms with Crippen LogP contribution in [-0.2, 0) is 6.54 Å². The third-order valence-corrected chi connectivity index (χ3v) is 4.19. The third kappa shape index (κ3) is 3.49. The highest BCUT2D eigenvalue weighted by atomic mass is 35.5. The first kappa shape index (κ1) is 13.9. The number of aryl methyl sites for hydroxylation is 2. The van der Waals surface area contributed by atoms with Crippen molar-refractivity contribution in [1.29, 1.82) is 0 Å².